The zero-order chi connectivity index (χ0) is 12.5. The molecule has 2 saturated heterocycles. The Morgan fingerprint density at radius 2 is 2.28 bits per heavy atom. The molecule has 0 radical (unpaired) electrons. The van der Waals surface area contributed by atoms with Gasteiger partial charge in [-0.3, -0.25) is 4.90 Å². The van der Waals surface area contributed by atoms with Crippen molar-refractivity contribution in [2.75, 3.05) is 19.6 Å². The minimum absolute atomic E-state index is 0.261. The molecule has 2 heterocycles. The zero-order valence-electron chi connectivity index (χ0n) is 10.3. The predicted octanol–water partition coefficient (Wildman–Crippen LogP) is 2.66. The van der Waals surface area contributed by atoms with Crippen LogP contribution in [0.4, 0.5) is 4.39 Å². The molecule has 4 heteroatoms. The van der Waals surface area contributed by atoms with Gasteiger partial charge in [0.1, 0.15) is 5.82 Å². The summed E-state index contributed by atoms with van der Waals surface area (Å²) in [6.45, 7) is 4.17. The molecule has 1 N–H and O–H groups in total. The zero-order valence-corrected chi connectivity index (χ0v) is 11.1. The first kappa shape index (κ1) is 12.4. The number of halogens is 2. The molecular formula is C14H18ClFN2. The van der Waals surface area contributed by atoms with Crippen molar-refractivity contribution in [1.29, 1.82) is 0 Å². The average molecular weight is 269 g/mol. The first-order valence-corrected chi connectivity index (χ1v) is 7.00. The average Bonchev–Trinajstić information content (AvgIpc) is 2.82. The van der Waals surface area contributed by atoms with Gasteiger partial charge in [0.25, 0.3) is 0 Å². The minimum Gasteiger partial charge on any atom is -0.315 e. The van der Waals surface area contributed by atoms with Crippen molar-refractivity contribution >= 4 is 11.6 Å². The Balaban J connectivity index is 1.75. The van der Waals surface area contributed by atoms with Gasteiger partial charge in [0.15, 0.2) is 0 Å². The first-order valence-electron chi connectivity index (χ1n) is 6.63. The third-order valence-electron chi connectivity index (χ3n) is 4.18. The highest BCUT2D eigenvalue weighted by Gasteiger charge is 2.34. The highest BCUT2D eigenvalue weighted by molar-refractivity contribution is 6.31. The van der Waals surface area contributed by atoms with Crippen LogP contribution in [0.5, 0.6) is 0 Å². The van der Waals surface area contributed by atoms with Crippen LogP contribution in [-0.4, -0.2) is 30.6 Å². The SMILES string of the molecule is Fc1ccc(CN2CCCC3CNCC32)c(Cl)c1. The normalized spacial score (nSPS) is 28.3. The maximum Gasteiger partial charge on any atom is 0.124 e. The van der Waals surface area contributed by atoms with Crippen LogP contribution >= 0.6 is 11.6 Å². The first-order chi connectivity index (χ1) is 8.74. The van der Waals surface area contributed by atoms with Crippen molar-refractivity contribution in [2.24, 2.45) is 5.92 Å². The van der Waals surface area contributed by atoms with E-state index in [1.807, 2.05) is 6.07 Å². The Kier molecular flexibility index (Phi) is 3.55. The van der Waals surface area contributed by atoms with Gasteiger partial charge < -0.3 is 5.32 Å². The quantitative estimate of drug-likeness (QED) is 0.887. The molecule has 1 aromatic rings. The summed E-state index contributed by atoms with van der Waals surface area (Å²) in [4.78, 5) is 2.49. The van der Waals surface area contributed by atoms with Crippen LogP contribution in [0, 0.1) is 11.7 Å². The highest BCUT2D eigenvalue weighted by atomic mass is 35.5. The lowest BCUT2D eigenvalue weighted by molar-refractivity contribution is 0.117. The largest absolute Gasteiger partial charge is 0.315 e. The van der Waals surface area contributed by atoms with Gasteiger partial charge in [0.05, 0.1) is 0 Å². The molecule has 0 saturated carbocycles. The van der Waals surface area contributed by atoms with E-state index in [0.717, 1.165) is 37.7 Å². The summed E-state index contributed by atoms with van der Waals surface area (Å²) in [6, 6.07) is 5.34. The van der Waals surface area contributed by atoms with E-state index in [1.54, 1.807) is 0 Å². The molecule has 18 heavy (non-hydrogen) atoms. The second kappa shape index (κ2) is 5.16. The maximum atomic E-state index is 13.0. The molecule has 2 fully saturated rings. The Labute approximate surface area is 112 Å². The molecule has 2 nitrogen and oxygen atoms in total. The van der Waals surface area contributed by atoms with Crippen LogP contribution in [-0.2, 0) is 6.54 Å². The lowest BCUT2D eigenvalue weighted by Crippen LogP contribution is -2.44. The summed E-state index contributed by atoms with van der Waals surface area (Å²) in [6.07, 6.45) is 2.58. The molecule has 2 aliphatic rings. The number of piperidine rings is 1. The molecule has 2 unspecified atom stereocenters. The Morgan fingerprint density at radius 3 is 3.11 bits per heavy atom. The van der Waals surface area contributed by atoms with Crippen molar-refractivity contribution in [3.63, 3.8) is 0 Å². The molecular weight excluding hydrogens is 251 g/mol. The van der Waals surface area contributed by atoms with E-state index in [-0.39, 0.29) is 5.82 Å². The molecule has 0 aliphatic carbocycles. The van der Waals surface area contributed by atoms with E-state index in [1.165, 1.54) is 25.0 Å². The molecule has 0 amide bonds. The lowest BCUT2D eigenvalue weighted by Gasteiger charge is -2.37. The molecule has 2 aliphatic heterocycles. The van der Waals surface area contributed by atoms with Crippen LogP contribution in [0.3, 0.4) is 0 Å². The fourth-order valence-electron chi connectivity index (χ4n) is 3.23. The summed E-state index contributed by atoms with van der Waals surface area (Å²) in [7, 11) is 0. The van der Waals surface area contributed by atoms with Gasteiger partial charge in [0, 0.05) is 24.2 Å². The van der Waals surface area contributed by atoms with Gasteiger partial charge >= 0.3 is 0 Å². The predicted molar refractivity (Wildman–Crippen MR) is 71.2 cm³/mol. The number of rotatable bonds is 2. The van der Waals surface area contributed by atoms with E-state index < -0.39 is 0 Å². The molecule has 3 rings (SSSR count). The Hall–Kier alpha value is -0.640. The van der Waals surface area contributed by atoms with Crippen molar-refractivity contribution < 1.29 is 4.39 Å². The van der Waals surface area contributed by atoms with Crippen LogP contribution in [0.1, 0.15) is 18.4 Å². The smallest absolute Gasteiger partial charge is 0.124 e. The van der Waals surface area contributed by atoms with E-state index in [2.05, 4.69) is 10.2 Å². The van der Waals surface area contributed by atoms with Crippen LogP contribution in [0.15, 0.2) is 18.2 Å². The molecule has 0 aromatic heterocycles. The van der Waals surface area contributed by atoms with Gasteiger partial charge in [-0.1, -0.05) is 17.7 Å². The van der Waals surface area contributed by atoms with Crippen molar-refractivity contribution in [2.45, 2.75) is 25.4 Å². The molecule has 0 spiro atoms. The standard InChI is InChI=1S/C14H18ClFN2/c15-13-6-12(16)4-3-11(13)9-18-5-1-2-10-7-17-8-14(10)18/h3-4,6,10,14,17H,1-2,5,7-9H2. The molecule has 0 bridgehead atoms. The van der Waals surface area contributed by atoms with E-state index >= 15 is 0 Å². The second-order valence-electron chi connectivity index (χ2n) is 5.33. The molecule has 2 atom stereocenters. The minimum atomic E-state index is -0.261. The molecule has 1 aromatic carbocycles. The second-order valence-corrected chi connectivity index (χ2v) is 5.74. The maximum absolute atomic E-state index is 13.0. The highest BCUT2D eigenvalue weighted by Crippen LogP contribution is 2.29. The monoisotopic (exact) mass is 268 g/mol. The van der Waals surface area contributed by atoms with Crippen molar-refractivity contribution in [1.82, 2.24) is 10.2 Å². The van der Waals surface area contributed by atoms with Gasteiger partial charge in [-0.2, -0.15) is 0 Å². The van der Waals surface area contributed by atoms with E-state index in [0.29, 0.717) is 11.1 Å². The fraction of sp³-hybridized carbons (Fsp3) is 0.571. The summed E-state index contributed by atoms with van der Waals surface area (Å²) >= 11 is 6.11. The number of likely N-dealkylation sites (tertiary alicyclic amines) is 1. The summed E-state index contributed by atoms with van der Waals surface area (Å²) < 4.78 is 13.0. The Bertz CT molecular complexity index is 438. The van der Waals surface area contributed by atoms with Gasteiger partial charge in [-0.05, 0) is 49.5 Å². The summed E-state index contributed by atoms with van der Waals surface area (Å²) in [5.74, 6) is 0.515. The van der Waals surface area contributed by atoms with Gasteiger partial charge in [0.2, 0.25) is 0 Å². The number of nitrogens with zero attached hydrogens (tertiary/aromatic N) is 1. The Morgan fingerprint density at radius 1 is 1.39 bits per heavy atom. The van der Waals surface area contributed by atoms with Crippen molar-refractivity contribution in [3.8, 4) is 0 Å². The summed E-state index contributed by atoms with van der Waals surface area (Å²) in [5, 5.41) is 4.01. The van der Waals surface area contributed by atoms with Crippen LogP contribution in [0.25, 0.3) is 0 Å². The number of hydrogen-bond donors (Lipinski definition) is 1. The van der Waals surface area contributed by atoms with Crippen molar-refractivity contribution in [3.05, 3.63) is 34.6 Å². The lowest BCUT2D eigenvalue weighted by atomic mass is 9.91. The number of hydrogen-bond acceptors (Lipinski definition) is 2. The third-order valence-corrected chi connectivity index (χ3v) is 4.53. The fourth-order valence-corrected chi connectivity index (χ4v) is 3.46. The topological polar surface area (TPSA) is 15.3 Å². The summed E-state index contributed by atoms with van der Waals surface area (Å²) in [5.41, 5.74) is 1.03. The van der Waals surface area contributed by atoms with Crippen LogP contribution < -0.4 is 5.32 Å². The molecule has 98 valence electrons. The van der Waals surface area contributed by atoms with Crippen LogP contribution in [0.2, 0.25) is 5.02 Å². The number of fused-ring (bicyclic) bond motifs is 1. The van der Waals surface area contributed by atoms with E-state index in [9.17, 15) is 4.39 Å². The number of nitrogens with one attached hydrogen (secondary N) is 1. The number of benzene rings is 1. The van der Waals surface area contributed by atoms with Gasteiger partial charge in [-0.15, -0.1) is 0 Å². The van der Waals surface area contributed by atoms with E-state index in [4.69, 9.17) is 11.6 Å². The van der Waals surface area contributed by atoms with Gasteiger partial charge in [-0.25, -0.2) is 4.39 Å². The third kappa shape index (κ3) is 2.40.